The third kappa shape index (κ3) is 5.56. The molecule has 0 radical (unpaired) electrons. The average molecular weight is 437 g/mol. The second kappa shape index (κ2) is 8.68. The number of hydrogen-bond donors (Lipinski definition) is 1. The van der Waals surface area contributed by atoms with Crippen LogP contribution < -0.4 is 5.32 Å². The second-order valence-corrected chi connectivity index (χ2v) is 10.4. The molecule has 1 aromatic carbocycles. The van der Waals surface area contributed by atoms with Crippen molar-refractivity contribution >= 4 is 11.7 Å². The number of ether oxygens (including phenoxy) is 2. The van der Waals surface area contributed by atoms with Gasteiger partial charge in [-0.2, -0.15) is 0 Å². The first-order chi connectivity index (χ1) is 15.1. The summed E-state index contributed by atoms with van der Waals surface area (Å²) in [6.07, 6.45) is 9.46. The van der Waals surface area contributed by atoms with Crippen LogP contribution in [-0.4, -0.2) is 42.2 Å². The molecule has 0 spiro atoms. The predicted octanol–water partition coefficient (Wildman–Crippen LogP) is 5.36. The van der Waals surface area contributed by atoms with Gasteiger partial charge < -0.3 is 19.7 Å². The molecule has 32 heavy (non-hydrogen) atoms. The number of hydrogen-bond acceptors (Lipinski definition) is 5. The lowest BCUT2D eigenvalue weighted by molar-refractivity contribution is -0.139. The number of likely N-dealkylation sites (tertiary alicyclic amines) is 1. The highest BCUT2D eigenvalue weighted by Crippen LogP contribution is 2.40. The molecule has 4 rings (SSSR count). The van der Waals surface area contributed by atoms with Crippen LogP contribution in [0, 0.1) is 0 Å². The molecule has 5 heteroatoms. The zero-order valence-electron chi connectivity index (χ0n) is 20.1. The Balaban J connectivity index is 1.47. The summed E-state index contributed by atoms with van der Waals surface area (Å²) in [5.41, 5.74) is 6.01. The van der Waals surface area contributed by atoms with Gasteiger partial charge in [0.15, 0.2) is 5.88 Å². The SMILES string of the molecule is COC(=O)Cc1ccc(NC2(C)C=C3CN(C(OC(C)(C)C)=C4CC4)CCC3=CC2)cc1. The van der Waals surface area contributed by atoms with E-state index in [2.05, 4.69) is 50.1 Å². The van der Waals surface area contributed by atoms with Crippen molar-refractivity contribution in [2.24, 2.45) is 0 Å². The van der Waals surface area contributed by atoms with E-state index in [-0.39, 0.29) is 17.1 Å². The lowest BCUT2D eigenvalue weighted by atomic mass is 9.82. The summed E-state index contributed by atoms with van der Waals surface area (Å²) >= 11 is 0. The van der Waals surface area contributed by atoms with E-state index < -0.39 is 0 Å². The first-order valence-corrected chi connectivity index (χ1v) is 11.7. The Hall–Kier alpha value is -2.69. The fourth-order valence-corrected chi connectivity index (χ4v) is 4.41. The fraction of sp³-hybridized carbons (Fsp3) is 0.519. The second-order valence-electron chi connectivity index (χ2n) is 10.4. The number of nitrogens with zero attached hydrogens (tertiary/aromatic N) is 1. The number of anilines is 1. The Kier molecular flexibility index (Phi) is 6.11. The molecule has 1 unspecified atom stereocenters. The molecule has 1 atom stereocenters. The topological polar surface area (TPSA) is 50.8 Å². The summed E-state index contributed by atoms with van der Waals surface area (Å²) in [6, 6.07) is 8.06. The quantitative estimate of drug-likeness (QED) is 0.481. The van der Waals surface area contributed by atoms with Crippen molar-refractivity contribution < 1.29 is 14.3 Å². The molecule has 1 saturated carbocycles. The van der Waals surface area contributed by atoms with Crippen molar-refractivity contribution in [1.82, 2.24) is 4.90 Å². The van der Waals surface area contributed by atoms with Crippen LogP contribution in [0.5, 0.6) is 0 Å². The van der Waals surface area contributed by atoms with Gasteiger partial charge in [0.1, 0.15) is 5.60 Å². The van der Waals surface area contributed by atoms with E-state index >= 15 is 0 Å². The largest absolute Gasteiger partial charge is 0.473 e. The van der Waals surface area contributed by atoms with Crippen LogP contribution >= 0.6 is 0 Å². The van der Waals surface area contributed by atoms with E-state index in [9.17, 15) is 4.79 Å². The zero-order valence-corrected chi connectivity index (χ0v) is 20.1. The Morgan fingerprint density at radius 3 is 2.47 bits per heavy atom. The van der Waals surface area contributed by atoms with Crippen LogP contribution in [0.1, 0.15) is 58.9 Å². The maximum Gasteiger partial charge on any atom is 0.309 e. The number of nitrogens with one attached hydrogen (secondary N) is 1. The number of benzene rings is 1. The number of rotatable bonds is 6. The van der Waals surface area contributed by atoms with Gasteiger partial charge in [0, 0.05) is 18.8 Å². The van der Waals surface area contributed by atoms with Crippen LogP contribution in [0.25, 0.3) is 0 Å². The molecule has 1 aliphatic heterocycles. The van der Waals surface area contributed by atoms with Gasteiger partial charge in [-0.25, -0.2) is 0 Å². The summed E-state index contributed by atoms with van der Waals surface area (Å²) in [6.45, 7) is 10.5. The summed E-state index contributed by atoms with van der Waals surface area (Å²) in [4.78, 5) is 13.9. The predicted molar refractivity (Wildman–Crippen MR) is 128 cm³/mol. The molecular weight excluding hydrogens is 400 g/mol. The van der Waals surface area contributed by atoms with Crippen molar-refractivity contribution in [3.05, 3.63) is 64.6 Å². The van der Waals surface area contributed by atoms with E-state index in [4.69, 9.17) is 9.47 Å². The number of methoxy groups -OCH3 is 1. The van der Waals surface area contributed by atoms with Crippen molar-refractivity contribution in [3.8, 4) is 0 Å². The highest BCUT2D eigenvalue weighted by atomic mass is 16.5. The third-order valence-corrected chi connectivity index (χ3v) is 6.14. The molecule has 172 valence electrons. The number of carbonyl (C=O) groups is 1. The number of piperidine rings is 1. The smallest absolute Gasteiger partial charge is 0.309 e. The van der Waals surface area contributed by atoms with Crippen LogP contribution in [0.3, 0.4) is 0 Å². The van der Waals surface area contributed by atoms with Gasteiger partial charge in [-0.15, -0.1) is 0 Å². The zero-order chi connectivity index (χ0) is 22.9. The Bertz CT molecular complexity index is 960. The van der Waals surface area contributed by atoms with E-state index in [1.807, 2.05) is 24.3 Å². The van der Waals surface area contributed by atoms with Gasteiger partial charge in [-0.3, -0.25) is 4.79 Å². The van der Waals surface area contributed by atoms with E-state index in [0.717, 1.165) is 55.9 Å². The van der Waals surface area contributed by atoms with Crippen molar-refractivity contribution in [2.75, 3.05) is 25.5 Å². The van der Waals surface area contributed by atoms with Gasteiger partial charge in [-0.1, -0.05) is 24.3 Å². The monoisotopic (exact) mass is 436 g/mol. The number of fused-ring (bicyclic) bond motifs is 1. The molecular formula is C27H36N2O3. The van der Waals surface area contributed by atoms with E-state index in [0.29, 0.717) is 6.42 Å². The van der Waals surface area contributed by atoms with E-state index in [1.165, 1.54) is 23.8 Å². The summed E-state index contributed by atoms with van der Waals surface area (Å²) in [5.74, 6) is 0.893. The maximum atomic E-state index is 11.5. The van der Waals surface area contributed by atoms with Crippen molar-refractivity contribution in [3.63, 3.8) is 0 Å². The fourth-order valence-electron chi connectivity index (χ4n) is 4.41. The van der Waals surface area contributed by atoms with Gasteiger partial charge in [0.05, 0.1) is 19.1 Å². The summed E-state index contributed by atoms with van der Waals surface area (Å²) in [7, 11) is 1.42. The number of allylic oxidation sites excluding steroid dienone is 1. The lowest BCUT2D eigenvalue weighted by Gasteiger charge is -2.40. The molecule has 2 fully saturated rings. The molecule has 5 nitrogen and oxygen atoms in total. The van der Waals surface area contributed by atoms with Crippen molar-refractivity contribution in [1.29, 1.82) is 0 Å². The summed E-state index contributed by atoms with van der Waals surface area (Å²) < 4.78 is 11.1. The van der Waals surface area contributed by atoms with Gasteiger partial charge in [0.2, 0.25) is 0 Å². The molecule has 1 heterocycles. The molecule has 2 aliphatic carbocycles. The summed E-state index contributed by atoms with van der Waals surface area (Å²) in [5, 5.41) is 3.70. The number of esters is 1. The lowest BCUT2D eigenvalue weighted by Crippen LogP contribution is -2.40. The third-order valence-electron chi connectivity index (χ3n) is 6.14. The van der Waals surface area contributed by atoms with E-state index in [1.54, 1.807) is 0 Å². The minimum Gasteiger partial charge on any atom is -0.473 e. The van der Waals surface area contributed by atoms with Crippen LogP contribution in [0.2, 0.25) is 0 Å². The maximum absolute atomic E-state index is 11.5. The van der Waals surface area contributed by atoms with Crippen molar-refractivity contribution in [2.45, 2.75) is 70.9 Å². The Labute approximate surface area is 192 Å². The Morgan fingerprint density at radius 2 is 1.84 bits per heavy atom. The van der Waals surface area contributed by atoms with Gasteiger partial charge >= 0.3 is 5.97 Å². The normalized spacial score (nSPS) is 22.4. The number of carbonyl (C=O) groups excluding carboxylic acids is 1. The molecule has 1 aromatic rings. The molecule has 0 amide bonds. The average Bonchev–Trinajstić information content (AvgIpc) is 3.57. The first kappa shape index (κ1) is 22.5. The molecule has 1 saturated heterocycles. The molecule has 1 N–H and O–H groups in total. The van der Waals surface area contributed by atoms with Crippen LogP contribution in [-0.2, 0) is 20.7 Å². The Morgan fingerprint density at radius 1 is 1.12 bits per heavy atom. The highest BCUT2D eigenvalue weighted by molar-refractivity contribution is 5.72. The minimum absolute atomic E-state index is 0.149. The molecule has 0 aromatic heterocycles. The first-order valence-electron chi connectivity index (χ1n) is 11.7. The van der Waals surface area contributed by atoms with Gasteiger partial charge in [-0.05, 0) is 87.8 Å². The van der Waals surface area contributed by atoms with Gasteiger partial charge in [0.25, 0.3) is 0 Å². The minimum atomic E-state index is -0.217. The highest BCUT2D eigenvalue weighted by Gasteiger charge is 2.33. The van der Waals surface area contributed by atoms with Crippen LogP contribution in [0.4, 0.5) is 5.69 Å². The van der Waals surface area contributed by atoms with Crippen LogP contribution in [0.15, 0.2) is 59.0 Å². The molecule has 0 bridgehead atoms. The molecule has 3 aliphatic rings. The standard InChI is InChI=1S/C27H36N2O3/c1-26(2,3)32-25(21-8-9-21)29-15-13-20-12-14-27(4,17-22(20)18-29)28-23-10-6-19(7-11-23)16-24(30)31-5/h6-7,10-12,17,28H,8-9,13-16,18H2,1-5H3.